The van der Waals surface area contributed by atoms with Crippen LogP contribution in [0, 0.1) is 0 Å². The van der Waals surface area contributed by atoms with Crippen molar-refractivity contribution in [3.05, 3.63) is 49.2 Å². The highest BCUT2D eigenvalue weighted by Crippen LogP contribution is 2.13. The van der Waals surface area contributed by atoms with Gasteiger partial charge in [-0.2, -0.15) is 0 Å². The summed E-state index contributed by atoms with van der Waals surface area (Å²) in [5.41, 5.74) is -0.211. The van der Waals surface area contributed by atoms with E-state index >= 15 is 0 Å². The highest BCUT2D eigenvalue weighted by molar-refractivity contribution is 9.10. The average Bonchev–Trinajstić information content (AvgIpc) is 3.21. The molecule has 3 heterocycles. The standard InChI is InChI=1S/C15H16BrN5O4/c1-20-12-11(14(23)21(2)15(20)24)18-10(19-12)4-3-7-17-13(22)8-5-6-9(16)25-8/h5-6H,3-4,7H2,1-2H3,(H,17,22)(H,18,19). The highest BCUT2D eigenvalue weighted by atomic mass is 79.9. The van der Waals surface area contributed by atoms with E-state index in [0.29, 0.717) is 41.0 Å². The number of carbonyl (C=O) groups is 1. The fourth-order valence-electron chi connectivity index (χ4n) is 2.47. The van der Waals surface area contributed by atoms with E-state index in [0.717, 1.165) is 4.57 Å². The van der Waals surface area contributed by atoms with Crippen LogP contribution in [0.1, 0.15) is 22.8 Å². The second kappa shape index (κ2) is 6.71. The molecule has 0 fully saturated rings. The fourth-order valence-corrected chi connectivity index (χ4v) is 2.78. The number of rotatable bonds is 5. The van der Waals surface area contributed by atoms with Crippen molar-refractivity contribution in [1.29, 1.82) is 0 Å². The molecule has 0 saturated carbocycles. The molecule has 3 aromatic rings. The molecule has 25 heavy (non-hydrogen) atoms. The molecule has 0 saturated heterocycles. The lowest BCUT2D eigenvalue weighted by Gasteiger charge is -2.01. The van der Waals surface area contributed by atoms with E-state index in [1.165, 1.54) is 11.6 Å². The molecule has 0 bridgehead atoms. The molecule has 132 valence electrons. The summed E-state index contributed by atoms with van der Waals surface area (Å²) in [7, 11) is 2.99. The van der Waals surface area contributed by atoms with Crippen LogP contribution in [0.15, 0.2) is 30.8 Å². The number of H-pyrrole nitrogens is 1. The lowest BCUT2D eigenvalue weighted by atomic mass is 10.3. The Morgan fingerprint density at radius 2 is 2.08 bits per heavy atom. The molecule has 0 unspecified atom stereocenters. The summed E-state index contributed by atoms with van der Waals surface area (Å²) in [4.78, 5) is 43.1. The molecule has 2 N–H and O–H groups in total. The maximum atomic E-state index is 12.1. The number of furan rings is 1. The third kappa shape index (κ3) is 3.29. The first kappa shape index (κ1) is 17.2. The Bertz CT molecular complexity index is 1060. The van der Waals surface area contributed by atoms with Gasteiger partial charge in [0, 0.05) is 27.1 Å². The van der Waals surface area contributed by atoms with Gasteiger partial charge in [0.15, 0.2) is 16.1 Å². The Morgan fingerprint density at radius 3 is 2.76 bits per heavy atom. The van der Waals surface area contributed by atoms with Gasteiger partial charge in [-0.1, -0.05) is 0 Å². The number of nitrogens with zero attached hydrogens (tertiary/aromatic N) is 3. The number of imidazole rings is 1. The molecule has 0 radical (unpaired) electrons. The van der Waals surface area contributed by atoms with Crippen LogP contribution in [0.5, 0.6) is 0 Å². The number of amides is 1. The van der Waals surface area contributed by atoms with Crippen molar-refractivity contribution in [2.75, 3.05) is 6.54 Å². The Labute approximate surface area is 149 Å². The zero-order chi connectivity index (χ0) is 18.1. The number of aryl methyl sites for hydroxylation is 2. The lowest BCUT2D eigenvalue weighted by molar-refractivity contribution is 0.0924. The zero-order valence-electron chi connectivity index (χ0n) is 13.6. The van der Waals surface area contributed by atoms with Crippen molar-refractivity contribution in [2.24, 2.45) is 14.1 Å². The van der Waals surface area contributed by atoms with Crippen LogP contribution in [0.4, 0.5) is 0 Å². The molecule has 1 amide bonds. The van der Waals surface area contributed by atoms with E-state index < -0.39 is 11.2 Å². The van der Waals surface area contributed by atoms with Gasteiger partial charge in [-0.3, -0.25) is 18.7 Å². The van der Waals surface area contributed by atoms with E-state index in [1.54, 1.807) is 19.2 Å². The number of hydrogen-bond donors (Lipinski definition) is 2. The van der Waals surface area contributed by atoms with Crippen LogP contribution in [0.25, 0.3) is 11.2 Å². The van der Waals surface area contributed by atoms with Crippen molar-refractivity contribution >= 4 is 33.0 Å². The number of aromatic nitrogens is 4. The van der Waals surface area contributed by atoms with Gasteiger partial charge >= 0.3 is 5.69 Å². The van der Waals surface area contributed by atoms with E-state index in [9.17, 15) is 14.4 Å². The van der Waals surface area contributed by atoms with Crippen molar-refractivity contribution in [3.8, 4) is 0 Å². The third-order valence-corrected chi connectivity index (χ3v) is 4.24. The molecule has 0 atom stereocenters. The molecule has 0 spiro atoms. The summed E-state index contributed by atoms with van der Waals surface area (Å²) in [5, 5.41) is 2.74. The number of aromatic amines is 1. The lowest BCUT2D eigenvalue weighted by Crippen LogP contribution is -2.36. The molecular weight excluding hydrogens is 394 g/mol. The molecule has 0 aliphatic heterocycles. The van der Waals surface area contributed by atoms with Crippen LogP contribution in [-0.4, -0.2) is 31.6 Å². The SMILES string of the molecule is Cn1c(=O)c2[nH]c(CCCNC(=O)c3ccc(Br)o3)nc2n(C)c1=O. The quantitative estimate of drug-likeness (QED) is 0.601. The first-order valence-electron chi connectivity index (χ1n) is 7.56. The Kier molecular flexibility index (Phi) is 4.62. The van der Waals surface area contributed by atoms with Crippen LogP contribution >= 0.6 is 15.9 Å². The topological polar surface area (TPSA) is 115 Å². The van der Waals surface area contributed by atoms with Gasteiger partial charge in [0.25, 0.3) is 11.5 Å². The summed E-state index contributed by atoms with van der Waals surface area (Å²) in [6, 6.07) is 3.23. The molecule has 3 aromatic heterocycles. The van der Waals surface area contributed by atoms with Gasteiger partial charge in [-0.15, -0.1) is 0 Å². The summed E-state index contributed by atoms with van der Waals surface area (Å²) in [6.45, 7) is 0.422. The Hall–Kier alpha value is -2.62. The van der Waals surface area contributed by atoms with Crippen molar-refractivity contribution < 1.29 is 9.21 Å². The first-order chi connectivity index (χ1) is 11.9. The predicted molar refractivity (Wildman–Crippen MR) is 93.6 cm³/mol. The van der Waals surface area contributed by atoms with Crippen LogP contribution in [-0.2, 0) is 20.5 Å². The third-order valence-electron chi connectivity index (χ3n) is 3.82. The van der Waals surface area contributed by atoms with Gasteiger partial charge in [-0.05, 0) is 34.5 Å². The summed E-state index contributed by atoms with van der Waals surface area (Å²) in [5.74, 6) is 0.518. The number of carbonyl (C=O) groups excluding carboxylic acids is 1. The fraction of sp³-hybridized carbons (Fsp3) is 0.333. The normalized spacial score (nSPS) is 11.2. The van der Waals surface area contributed by atoms with Gasteiger partial charge in [0.05, 0.1) is 0 Å². The van der Waals surface area contributed by atoms with Gasteiger partial charge in [0.1, 0.15) is 11.3 Å². The molecule has 10 heteroatoms. The van der Waals surface area contributed by atoms with Crippen molar-refractivity contribution in [3.63, 3.8) is 0 Å². The van der Waals surface area contributed by atoms with Crippen LogP contribution in [0.2, 0.25) is 0 Å². The minimum Gasteiger partial charge on any atom is -0.444 e. The number of halogens is 1. The van der Waals surface area contributed by atoms with Crippen molar-refractivity contribution in [1.82, 2.24) is 24.4 Å². The van der Waals surface area contributed by atoms with E-state index in [-0.39, 0.29) is 11.7 Å². The average molecular weight is 410 g/mol. The Morgan fingerprint density at radius 1 is 1.32 bits per heavy atom. The van der Waals surface area contributed by atoms with Gasteiger partial charge in [-0.25, -0.2) is 9.78 Å². The van der Waals surface area contributed by atoms with E-state index in [2.05, 4.69) is 31.2 Å². The Balaban J connectivity index is 1.65. The number of hydrogen-bond acceptors (Lipinski definition) is 5. The van der Waals surface area contributed by atoms with Gasteiger partial charge in [0.2, 0.25) is 0 Å². The summed E-state index contributed by atoms with van der Waals surface area (Å²) < 4.78 is 8.02. The van der Waals surface area contributed by atoms with Crippen molar-refractivity contribution in [2.45, 2.75) is 12.8 Å². The smallest absolute Gasteiger partial charge is 0.332 e. The maximum absolute atomic E-state index is 12.1. The second-order valence-electron chi connectivity index (χ2n) is 5.55. The molecule has 3 rings (SSSR count). The largest absolute Gasteiger partial charge is 0.444 e. The van der Waals surface area contributed by atoms with Gasteiger partial charge < -0.3 is 14.7 Å². The predicted octanol–water partition coefficient (Wildman–Crippen LogP) is 0.678. The summed E-state index contributed by atoms with van der Waals surface area (Å²) >= 11 is 3.14. The second-order valence-corrected chi connectivity index (χ2v) is 6.33. The highest BCUT2D eigenvalue weighted by Gasteiger charge is 2.13. The zero-order valence-corrected chi connectivity index (χ0v) is 15.2. The maximum Gasteiger partial charge on any atom is 0.332 e. The molecule has 0 aliphatic carbocycles. The monoisotopic (exact) mass is 409 g/mol. The van der Waals surface area contributed by atoms with E-state index in [1.807, 2.05) is 0 Å². The minimum absolute atomic E-state index is 0.231. The minimum atomic E-state index is -0.424. The van der Waals surface area contributed by atoms with Crippen LogP contribution in [0.3, 0.4) is 0 Å². The number of nitrogens with one attached hydrogen (secondary N) is 2. The molecule has 0 aromatic carbocycles. The van der Waals surface area contributed by atoms with E-state index in [4.69, 9.17) is 4.42 Å². The summed E-state index contributed by atoms with van der Waals surface area (Å²) in [6.07, 6.45) is 1.13. The first-order valence-corrected chi connectivity index (χ1v) is 8.36. The molecule has 0 aliphatic rings. The van der Waals surface area contributed by atoms with Crippen LogP contribution < -0.4 is 16.6 Å². The molecule has 9 nitrogen and oxygen atoms in total. The molecular formula is C15H16BrN5O4. The number of fused-ring (bicyclic) bond motifs is 1.